The highest BCUT2D eigenvalue weighted by molar-refractivity contribution is 7.90. The van der Waals surface area contributed by atoms with E-state index in [1.54, 1.807) is 42.5 Å². The van der Waals surface area contributed by atoms with Gasteiger partial charge in [0.25, 0.3) is 0 Å². The summed E-state index contributed by atoms with van der Waals surface area (Å²) in [4.78, 5) is 5.45. The first kappa shape index (κ1) is 30.2. The van der Waals surface area contributed by atoms with Gasteiger partial charge < -0.3 is 14.7 Å². The Morgan fingerprint density at radius 3 is 2.41 bits per heavy atom. The van der Waals surface area contributed by atoms with Crippen molar-refractivity contribution >= 4 is 50.4 Å². The predicted octanol–water partition coefficient (Wildman–Crippen LogP) is 7.44. The van der Waals surface area contributed by atoms with Crippen LogP contribution in [0.25, 0.3) is 0 Å². The fourth-order valence-corrected chi connectivity index (χ4v) is 7.17. The number of halogens is 3. The molecule has 0 radical (unpaired) electrons. The molecule has 0 aliphatic heterocycles. The largest absolute Gasteiger partial charge is 0.489 e. The second-order valence-electron chi connectivity index (χ2n) is 11.0. The maximum absolute atomic E-state index is 12.0. The highest BCUT2D eigenvalue weighted by Crippen LogP contribution is 2.53. The van der Waals surface area contributed by atoms with E-state index in [9.17, 15) is 13.5 Å². The molecular weight excluding hydrogens is 605 g/mol. The van der Waals surface area contributed by atoms with Crippen LogP contribution in [0, 0.1) is 11.8 Å². The Hall–Kier alpha value is -2.29. The highest BCUT2D eigenvalue weighted by Gasteiger charge is 2.50. The number of aliphatic hydroxyl groups is 1. The quantitative estimate of drug-likeness (QED) is 0.217. The van der Waals surface area contributed by atoms with E-state index in [0.29, 0.717) is 57.3 Å². The van der Waals surface area contributed by atoms with Gasteiger partial charge >= 0.3 is 0 Å². The minimum absolute atomic E-state index is 0.0676. The Morgan fingerprint density at radius 2 is 1.80 bits per heavy atom. The standard InChI is InChI=1S/C31H32Cl3NO5S/c1-39-35-30(29-26(32)7-4-8-27(29)33)21(13-19-9-10-19)18-40-23-11-12-25(28(34)15-23)31(36)16-22(17-31)20-5-3-6-24(14-20)41(2,37)38/h3-8,11,13-15,19,22,25,36H,9-10,12,16-18H2,1-2H3/b21-13+,35-30+. The molecule has 6 nitrogen and oxygen atoms in total. The van der Waals surface area contributed by atoms with Crippen LogP contribution in [0.5, 0.6) is 0 Å². The Labute approximate surface area is 256 Å². The normalized spacial score (nSPS) is 25.2. The van der Waals surface area contributed by atoms with E-state index in [-0.39, 0.29) is 23.3 Å². The Balaban J connectivity index is 1.26. The smallest absolute Gasteiger partial charge is 0.175 e. The minimum Gasteiger partial charge on any atom is -0.489 e. The molecule has 0 saturated heterocycles. The summed E-state index contributed by atoms with van der Waals surface area (Å²) in [5.74, 6) is 0.841. The molecule has 1 atom stereocenters. The zero-order valence-corrected chi connectivity index (χ0v) is 25.9. The predicted molar refractivity (Wildman–Crippen MR) is 163 cm³/mol. The molecule has 0 aromatic heterocycles. The van der Waals surface area contributed by atoms with E-state index < -0.39 is 15.4 Å². The molecule has 2 fully saturated rings. The molecule has 3 aliphatic carbocycles. The van der Waals surface area contributed by atoms with Gasteiger partial charge in [0.05, 0.1) is 20.5 Å². The first-order chi connectivity index (χ1) is 19.5. The molecule has 0 amide bonds. The molecule has 0 spiro atoms. The number of nitrogens with zero attached hydrogens (tertiary/aromatic N) is 1. The SMILES string of the molecule is CO/N=C(\C(=C\C1CC1)COC1=CCC(C2(O)CC(c3cccc(S(C)(=O)=O)c3)C2)C(Cl)=C1)c1c(Cl)cccc1Cl. The van der Waals surface area contributed by atoms with Gasteiger partial charge in [-0.15, -0.1) is 0 Å². The van der Waals surface area contributed by atoms with E-state index in [2.05, 4.69) is 11.2 Å². The number of benzene rings is 2. The third-order valence-corrected chi connectivity index (χ3v) is 10.0. The van der Waals surface area contributed by atoms with Gasteiger partial charge in [-0.3, -0.25) is 0 Å². The minimum atomic E-state index is -3.30. The van der Waals surface area contributed by atoms with Crippen LogP contribution >= 0.6 is 34.8 Å². The zero-order valence-electron chi connectivity index (χ0n) is 22.8. The molecule has 1 N–H and O–H groups in total. The van der Waals surface area contributed by atoms with Gasteiger partial charge in [0.15, 0.2) is 9.84 Å². The lowest BCUT2D eigenvalue weighted by atomic mass is 9.61. The molecule has 41 heavy (non-hydrogen) atoms. The van der Waals surface area contributed by atoms with E-state index in [1.807, 2.05) is 12.1 Å². The number of hydrogen-bond acceptors (Lipinski definition) is 6. The maximum atomic E-state index is 12.0. The molecule has 2 aromatic carbocycles. The van der Waals surface area contributed by atoms with Crippen molar-refractivity contribution in [3.63, 3.8) is 0 Å². The summed E-state index contributed by atoms with van der Waals surface area (Å²) < 4.78 is 30.1. The number of ether oxygens (including phenoxy) is 1. The summed E-state index contributed by atoms with van der Waals surface area (Å²) in [6.45, 7) is 0.209. The Morgan fingerprint density at radius 1 is 1.12 bits per heavy atom. The van der Waals surface area contributed by atoms with Crippen LogP contribution in [0.2, 0.25) is 10.0 Å². The maximum Gasteiger partial charge on any atom is 0.175 e. The topological polar surface area (TPSA) is 85.2 Å². The number of sulfone groups is 1. The first-order valence-electron chi connectivity index (χ1n) is 13.5. The van der Waals surface area contributed by atoms with E-state index >= 15 is 0 Å². The molecule has 10 heteroatoms. The van der Waals surface area contributed by atoms with Gasteiger partial charge in [0, 0.05) is 28.3 Å². The fourth-order valence-electron chi connectivity index (χ4n) is 5.52. The van der Waals surface area contributed by atoms with Gasteiger partial charge in [0.1, 0.15) is 25.2 Å². The van der Waals surface area contributed by atoms with Crippen LogP contribution < -0.4 is 0 Å². The average molecular weight is 637 g/mol. The van der Waals surface area contributed by atoms with Crippen LogP contribution in [0.4, 0.5) is 0 Å². The second kappa shape index (κ2) is 12.1. The molecule has 218 valence electrons. The van der Waals surface area contributed by atoms with E-state index in [4.69, 9.17) is 44.4 Å². The van der Waals surface area contributed by atoms with Gasteiger partial charge in [0.2, 0.25) is 0 Å². The van der Waals surface area contributed by atoms with Gasteiger partial charge in [-0.05, 0) is 85.9 Å². The van der Waals surface area contributed by atoms with Crippen LogP contribution in [-0.2, 0) is 19.4 Å². The lowest BCUT2D eigenvalue weighted by Crippen LogP contribution is -2.49. The fraction of sp³-hybridized carbons (Fsp3) is 0.387. The average Bonchev–Trinajstić information content (AvgIpc) is 3.72. The molecule has 0 heterocycles. The second-order valence-corrected chi connectivity index (χ2v) is 14.3. The van der Waals surface area contributed by atoms with Crippen molar-refractivity contribution in [2.45, 2.75) is 48.5 Å². The highest BCUT2D eigenvalue weighted by atomic mass is 35.5. The third kappa shape index (κ3) is 6.86. The molecular formula is C31H32Cl3NO5S. The van der Waals surface area contributed by atoms with E-state index in [1.165, 1.54) is 13.4 Å². The lowest BCUT2D eigenvalue weighted by molar-refractivity contribution is -0.0836. The summed E-state index contributed by atoms with van der Waals surface area (Å²) in [5, 5.41) is 17.1. The van der Waals surface area contributed by atoms with Crippen molar-refractivity contribution in [3.05, 3.63) is 98.2 Å². The summed E-state index contributed by atoms with van der Waals surface area (Å²) in [7, 11) is -1.82. The Bertz CT molecular complexity index is 1530. The summed E-state index contributed by atoms with van der Waals surface area (Å²) >= 11 is 19.7. The molecule has 2 saturated carbocycles. The van der Waals surface area contributed by atoms with Gasteiger partial charge in [-0.1, -0.05) is 64.2 Å². The summed E-state index contributed by atoms with van der Waals surface area (Å²) in [6, 6.07) is 12.2. The van der Waals surface area contributed by atoms with Crippen LogP contribution in [0.1, 0.15) is 49.1 Å². The van der Waals surface area contributed by atoms with Gasteiger partial charge in [-0.2, -0.15) is 0 Å². The number of hydrogen-bond donors (Lipinski definition) is 1. The summed E-state index contributed by atoms with van der Waals surface area (Å²) in [6.07, 6.45) is 10.7. The van der Waals surface area contributed by atoms with Crippen molar-refractivity contribution in [2.75, 3.05) is 20.0 Å². The molecule has 0 bridgehead atoms. The molecule has 3 aliphatic rings. The van der Waals surface area contributed by atoms with Crippen molar-refractivity contribution in [1.29, 1.82) is 0 Å². The van der Waals surface area contributed by atoms with Crippen LogP contribution in [0.15, 0.2) is 87.1 Å². The van der Waals surface area contributed by atoms with Crippen molar-refractivity contribution < 1.29 is 23.1 Å². The van der Waals surface area contributed by atoms with Crippen molar-refractivity contribution in [3.8, 4) is 0 Å². The number of allylic oxidation sites excluding steroid dienone is 3. The number of oxime groups is 1. The van der Waals surface area contributed by atoms with Crippen LogP contribution in [0.3, 0.4) is 0 Å². The van der Waals surface area contributed by atoms with Crippen molar-refractivity contribution in [1.82, 2.24) is 0 Å². The van der Waals surface area contributed by atoms with Crippen LogP contribution in [-0.4, -0.2) is 44.8 Å². The monoisotopic (exact) mass is 635 g/mol. The molecule has 2 aromatic rings. The molecule has 1 unspecified atom stereocenters. The van der Waals surface area contributed by atoms with E-state index in [0.717, 1.165) is 24.0 Å². The van der Waals surface area contributed by atoms with Crippen molar-refractivity contribution in [2.24, 2.45) is 17.0 Å². The third-order valence-electron chi connectivity index (χ3n) is 7.91. The lowest BCUT2D eigenvalue weighted by Gasteiger charge is -2.49. The zero-order chi connectivity index (χ0) is 29.4. The summed E-state index contributed by atoms with van der Waals surface area (Å²) in [5.41, 5.74) is 1.86. The molecule has 5 rings (SSSR count). The first-order valence-corrected chi connectivity index (χ1v) is 16.5. The Kier molecular flexibility index (Phi) is 8.93. The van der Waals surface area contributed by atoms with Gasteiger partial charge in [-0.25, -0.2) is 8.42 Å². The number of rotatable bonds is 10.